The number of hydrogen-bond acceptors (Lipinski definition) is 3. The Morgan fingerprint density at radius 3 is 2.46 bits per heavy atom. The zero-order valence-corrected chi connectivity index (χ0v) is 17.3. The molecule has 0 spiro atoms. The van der Waals surface area contributed by atoms with Crippen molar-refractivity contribution in [3.05, 3.63) is 65.7 Å². The maximum absolute atomic E-state index is 12.9. The Morgan fingerprint density at radius 2 is 1.82 bits per heavy atom. The smallest absolute Gasteiger partial charge is 0.243 e. The van der Waals surface area contributed by atoms with E-state index in [2.05, 4.69) is 24.4 Å². The van der Waals surface area contributed by atoms with Crippen LogP contribution in [0.3, 0.4) is 0 Å². The first-order valence-corrected chi connectivity index (χ1v) is 11.3. The summed E-state index contributed by atoms with van der Waals surface area (Å²) in [7, 11) is -3.56. The van der Waals surface area contributed by atoms with Gasteiger partial charge in [0.15, 0.2) is 0 Å². The van der Waals surface area contributed by atoms with Gasteiger partial charge in [0, 0.05) is 13.1 Å². The topological polar surface area (TPSA) is 66.5 Å². The number of nitrogens with zero attached hydrogens (tertiary/aromatic N) is 1. The van der Waals surface area contributed by atoms with E-state index in [0.29, 0.717) is 19.4 Å². The Labute approximate surface area is 167 Å². The van der Waals surface area contributed by atoms with Crippen LogP contribution in [0.4, 0.5) is 0 Å². The van der Waals surface area contributed by atoms with E-state index in [-0.39, 0.29) is 29.3 Å². The minimum absolute atomic E-state index is 0.0833. The van der Waals surface area contributed by atoms with Crippen LogP contribution >= 0.6 is 0 Å². The summed E-state index contributed by atoms with van der Waals surface area (Å²) in [5.74, 6) is -0.412. The summed E-state index contributed by atoms with van der Waals surface area (Å²) in [5.41, 5.74) is 2.31. The Morgan fingerprint density at radius 1 is 1.14 bits per heavy atom. The normalized spacial score (nSPS) is 19.1. The molecule has 1 aliphatic heterocycles. The molecule has 2 aromatic carbocycles. The van der Waals surface area contributed by atoms with Crippen molar-refractivity contribution in [2.24, 2.45) is 5.92 Å². The number of nitrogens with one attached hydrogen (secondary N) is 1. The second kappa shape index (κ2) is 8.88. The van der Waals surface area contributed by atoms with E-state index in [0.717, 1.165) is 12.0 Å². The van der Waals surface area contributed by atoms with E-state index in [1.165, 1.54) is 9.87 Å². The molecule has 0 unspecified atom stereocenters. The lowest BCUT2D eigenvalue weighted by molar-refractivity contribution is -0.126. The fraction of sp³-hybridized carbons (Fsp3) is 0.409. The molecule has 0 saturated carbocycles. The maximum atomic E-state index is 12.9. The van der Waals surface area contributed by atoms with Crippen LogP contribution < -0.4 is 5.32 Å². The van der Waals surface area contributed by atoms with Gasteiger partial charge in [0.25, 0.3) is 0 Å². The largest absolute Gasteiger partial charge is 0.349 e. The molecule has 0 aromatic heterocycles. The number of aryl methyl sites for hydroxylation is 1. The number of carbonyl (C=O) groups is 1. The molecule has 2 aromatic rings. The SMILES string of the molecule is CCc1ccc([C@@H](C)NC(=O)[C@@H]2CCCN(S(=O)(=O)c3ccccc3)C2)cc1. The Hall–Kier alpha value is -2.18. The van der Waals surface area contributed by atoms with Crippen molar-refractivity contribution < 1.29 is 13.2 Å². The fourth-order valence-electron chi connectivity index (χ4n) is 3.57. The lowest BCUT2D eigenvalue weighted by atomic mass is 9.97. The third kappa shape index (κ3) is 4.62. The first kappa shape index (κ1) is 20.6. The molecule has 0 bridgehead atoms. The molecule has 1 saturated heterocycles. The summed E-state index contributed by atoms with van der Waals surface area (Å²) in [6.45, 7) is 4.75. The van der Waals surface area contributed by atoms with Crippen molar-refractivity contribution >= 4 is 15.9 Å². The summed E-state index contributed by atoms with van der Waals surface area (Å²) in [6, 6.07) is 16.5. The second-order valence-corrected chi connectivity index (χ2v) is 9.28. The van der Waals surface area contributed by atoms with E-state index < -0.39 is 10.0 Å². The Kier molecular flexibility index (Phi) is 6.52. The Bertz CT molecular complexity index is 895. The summed E-state index contributed by atoms with van der Waals surface area (Å²) in [5, 5.41) is 3.05. The number of rotatable bonds is 6. The van der Waals surface area contributed by atoms with Gasteiger partial charge in [-0.25, -0.2) is 8.42 Å². The van der Waals surface area contributed by atoms with Crippen LogP contribution in [-0.2, 0) is 21.2 Å². The molecule has 1 N–H and O–H groups in total. The van der Waals surface area contributed by atoms with Crippen molar-refractivity contribution in [2.75, 3.05) is 13.1 Å². The van der Waals surface area contributed by atoms with Gasteiger partial charge >= 0.3 is 0 Å². The standard InChI is InChI=1S/C22H28N2O3S/c1-3-18-11-13-19(14-12-18)17(2)23-22(25)20-8-7-15-24(16-20)28(26,27)21-9-5-4-6-10-21/h4-6,9-14,17,20H,3,7-8,15-16H2,1-2H3,(H,23,25)/t17-,20-/m1/s1. The molecule has 28 heavy (non-hydrogen) atoms. The van der Waals surface area contributed by atoms with Crippen LogP contribution in [0, 0.1) is 5.92 Å². The zero-order chi connectivity index (χ0) is 20.1. The fourth-order valence-corrected chi connectivity index (χ4v) is 5.12. The van der Waals surface area contributed by atoms with Crippen molar-refractivity contribution in [3.63, 3.8) is 0 Å². The predicted octanol–water partition coefficient (Wildman–Crippen LogP) is 3.53. The highest BCUT2D eigenvalue weighted by atomic mass is 32.2. The van der Waals surface area contributed by atoms with Gasteiger partial charge in [0.2, 0.25) is 15.9 Å². The first-order valence-electron chi connectivity index (χ1n) is 9.86. The molecule has 150 valence electrons. The lowest BCUT2D eigenvalue weighted by Gasteiger charge is -2.32. The molecule has 1 fully saturated rings. The van der Waals surface area contributed by atoms with Crippen LogP contribution in [0.25, 0.3) is 0 Å². The summed E-state index contributed by atoms with van der Waals surface area (Å²) < 4.78 is 27.1. The molecular formula is C22H28N2O3S. The molecule has 3 rings (SSSR count). The highest BCUT2D eigenvalue weighted by Gasteiger charge is 2.33. The molecule has 6 heteroatoms. The van der Waals surface area contributed by atoms with Crippen molar-refractivity contribution in [3.8, 4) is 0 Å². The van der Waals surface area contributed by atoms with Gasteiger partial charge < -0.3 is 5.32 Å². The van der Waals surface area contributed by atoms with Crippen molar-refractivity contribution in [2.45, 2.75) is 44.0 Å². The van der Waals surface area contributed by atoms with Crippen LogP contribution in [0.15, 0.2) is 59.5 Å². The molecule has 2 atom stereocenters. The van der Waals surface area contributed by atoms with Gasteiger partial charge in [-0.2, -0.15) is 4.31 Å². The molecular weight excluding hydrogens is 372 g/mol. The van der Waals surface area contributed by atoms with Gasteiger partial charge in [-0.15, -0.1) is 0 Å². The van der Waals surface area contributed by atoms with E-state index in [1.54, 1.807) is 30.3 Å². The Balaban J connectivity index is 1.65. The number of amides is 1. The molecule has 5 nitrogen and oxygen atoms in total. The molecule has 0 aliphatic carbocycles. The summed E-state index contributed by atoms with van der Waals surface area (Å²) in [4.78, 5) is 13.1. The number of piperidine rings is 1. The van der Waals surface area contributed by atoms with E-state index in [1.807, 2.05) is 19.1 Å². The molecule has 1 aliphatic rings. The van der Waals surface area contributed by atoms with E-state index in [4.69, 9.17) is 0 Å². The zero-order valence-electron chi connectivity index (χ0n) is 16.5. The summed E-state index contributed by atoms with van der Waals surface area (Å²) >= 11 is 0. The van der Waals surface area contributed by atoms with Gasteiger partial charge in [-0.1, -0.05) is 49.4 Å². The van der Waals surface area contributed by atoms with E-state index >= 15 is 0 Å². The second-order valence-electron chi connectivity index (χ2n) is 7.34. The van der Waals surface area contributed by atoms with Crippen LogP contribution in [0.2, 0.25) is 0 Å². The third-order valence-electron chi connectivity index (χ3n) is 5.38. The van der Waals surface area contributed by atoms with E-state index in [9.17, 15) is 13.2 Å². The number of sulfonamides is 1. The van der Waals surface area contributed by atoms with Crippen LogP contribution in [-0.4, -0.2) is 31.7 Å². The number of carbonyl (C=O) groups excluding carboxylic acids is 1. The summed E-state index contributed by atoms with van der Waals surface area (Å²) in [6.07, 6.45) is 2.37. The quantitative estimate of drug-likeness (QED) is 0.807. The van der Waals surface area contributed by atoms with Gasteiger partial charge in [-0.3, -0.25) is 4.79 Å². The number of benzene rings is 2. The average Bonchev–Trinajstić information content (AvgIpc) is 2.74. The number of hydrogen-bond donors (Lipinski definition) is 1. The van der Waals surface area contributed by atoms with Gasteiger partial charge in [-0.05, 0) is 49.4 Å². The van der Waals surface area contributed by atoms with Crippen LogP contribution in [0.5, 0.6) is 0 Å². The van der Waals surface area contributed by atoms with Crippen molar-refractivity contribution in [1.82, 2.24) is 9.62 Å². The lowest BCUT2D eigenvalue weighted by Crippen LogP contribution is -2.45. The highest BCUT2D eigenvalue weighted by Crippen LogP contribution is 2.24. The monoisotopic (exact) mass is 400 g/mol. The average molecular weight is 401 g/mol. The highest BCUT2D eigenvalue weighted by molar-refractivity contribution is 7.89. The van der Waals surface area contributed by atoms with Crippen molar-refractivity contribution in [1.29, 1.82) is 0 Å². The molecule has 0 radical (unpaired) electrons. The predicted molar refractivity (Wildman–Crippen MR) is 110 cm³/mol. The van der Waals surface area contributed by atoms with Crippen LogP contribution in [0.1, 0.15) is 43.9 Å². The maximum Gasteiger partial charge on any atom is 0.243 e. The third-order valence-corrected chi connectivity index (χ3v) is 7.26. The first-order chi connectivity index (χ1) is 13.4. The molecule has 1 amide bonds. The minimum atomic E-state index is -3.56. The minimum Gasteiger partial charge on any atom is -0.349 e. The van der Waals surface area contributed by atoms with Gasteiger partial charge in [0.1, 0.15) is 0 Å². The van der Waals surface area contributed by atoms with Gasteiger partial charge in [0.05, 0.1) is 16.9 Å². The molecule has 1 heterocycles.